The summed E-state index contributed by atoms with van der Waals surface area (Å²) in [5, 5.41) is 0. The molecule has 98 valence electrons. The van der Waals surface area contributed by atoms with Crippen molar-refractivity contribution in [3.63, 3.8) is 0 Å². The fraction of sp³-hybridized carbons (Fsp3) is 0.235. The quantitative estimate of drug-likeness (QED) is 0.738. The van der Waals surface area contributed by atoms with Gasteiger partial charge in [-0.25, -0.2) is 4.39 Å². The molecule has 2 aromatic carbocycles. The van der Waals surface area contributed by atoms with Crippen molar-refractivity contribution in [2.45, 2.75) is 25.9 Å². The molecule has 19 heavy (non-hydrogen) atoms. The zero-order chi connectivity index (χ0) is 13.9. The minimum absolute atomic E-state index is 0.139. The SMILES string of the molecule is Cc1ccc(C(C)(F)CC(=O)c2ccccc2)cc1. The van der Waals surface area contributed by atoms with Crippen LogP contribution < -0.4 is 0 Å². The number of carbonyl (C=O) groups excluding carboxylic acids is 1. The van der Waals surface area contributed by atoms with Crippen molar-refractivity contribution in [1.29, 1.82) is 0 Å². The predicted octanol–water partition coefficient (Wildman–Crippen LogP) is 4.45. The molecule has 0 heterocycles. The third-order valence-corrected chi connectivity index (χ3v) is 3.24. The summed E-state index contributed by atoms with van der Waals surface area (Å²) in [6.45, 7) is 3.41. The van der Waals surface area contributed by atoms with Crippen LogP contribution >= 0.6 is 0 Å². The highest BCUT2D eigenvalue weighted by atomic mass is 19.1. The maximum absolute atomic E-state index is 14.7. The van der Waals surface area contributed by atoms with Crippen molar-refractivity contribution >= 4 is 5.78 Å². The molecule has 0 fully saturated rings. The Morgan fingerprint density at radius 2 is 1.63 bits per heavy atom. The summed E-state index contributed by atoms with van der Waals surface area (Å²) in [7, 11) is 0. The van der Waals surface area contributed by atoms with Crippen molar-refractivity contribution in [3.8, 4) is 0 Å². The van der Waals surface area contributed by atoms with E-state index in [-0.39, 0.29) is 12.2 Å². The van der Waals surface area contributed by atoms with Crippen LogP contribution in [0.3, 0.4) is 0 Å². The van der Waals surface area contributed by atoms with Crippen LogP contribution in [0.25, 0.3) is 0 Å². The first-order valence-electron chi connectivity index (χ1n) is 6.33. The normalized spacial score (nSPS) is 13.8. The highest BCUT2D eigenvalue weighted by molar-refractivity contribution is 5.96. The molecular weight excluding hydrogens is 239 g/mol. The van der Waals surface area contributed by atoms with Crippen molar-refractivity contribution in [1.82, 2.24) is 0 Å². The van der Waals surface area contributed by atoms with Crippen molar-refractivity contribution < 1.29 is 9.18 Å². The summed E-state index contributed by atoms with van der Waals surface area (Å²) in [5.74, 6) is -0.175. The molecule has 0 spiro atoms. The second kappa shape index (κ2) is 5.35. The molecule has 0 aliphatic carbocycles. The van der Waals surface area contributed by atoms with Crippen LogP contribution in [0.5, 0.6) is 0 Å². The van der Waals surface area contributed by atoms with Gasteiger partial charge in [0.25, 0.3) is 0 Å². The largest absolute Gasteiger partial charge is 0.294 e. The van der Waals surface area contributed by atoms with Crippen molar-refractivity contribution in [3.05, 3.63) is 71.3 Å². The lowest BCUT2D eigenvalue weighted by Crippen LogP contribution is -2.20. The zero-order valence-electron chi connectivity index (χ0n) is 11.2. The van der Waals surface area contributed by atoms with Gasteiger partial charge in [-0.1, -0.05) is 60.2 Å². The van der Waals surface area contributed by atoms with Gasteiger partial charge < -0.3 is 0 Å². The summed E-state index contributed by atoms with van der Waals surface area (Å²) in [5.41, 5.74) is 0.537. The number of rotatable bonds is 4. The fourth-order valence-corrected chi connectivity index (χ4v) is 2.03. The second-order valence-electron chi connectivity index (χ2n) is 5.03. The summed E-state index contributed by atoms with van der Waals surface area (Å²) >= 11 is 0. The number of carbonyl (C=O) groups is 1. The van der Waals surface area contributed by atoms with Gasteiger partial charge >= 0.3 is 0 Å². The summed E-state index contributed by atoms with van der Waals surface area (Å²) in [4.78, 5) is 12.1. The van der Waals surface area contributed by atoms with E-state index < -0.39 is 5.67 Å². The van der Waals surface area contributed by atoms with Gasteiger partial charge in [-0.2, -0.15) is 0 Å². The summed E-state index contributed by atoms with van der Waals surface area (Å²) in [6.07, 6.45) is -0.139. The highest BCUT2D eigenvalue weighted by Gasteiger charge is 2.29. The number of alkyl halides is 1. The van der Waals surface area contributed by atoms with Gasteiger partial charge in [0.2, 0.25) is 0 Å². The third-order valence-electron chi connectivity index (χ3n) is 3.24. The number of aryl methyl sites for hydroxylation is 1. The lowest BCUT2D eigenvalue weighted by atomic mass is 9.90. The molecular formula is C17H17FO. The van der Waals surface area contributed by atoms with E-state index in [4.69, 9.17) is 0 Å². The average molecular weight is 256 g/mol. The number of hydrogen-bond acceptors (Lipinski definition) is 1. The summed E-state index contributed by atoms with van der Waals surface area (Å²) < 4.78 is 14.7. The molecule has 2 heteroatoms. The fourth-order valence-electron chi connectivity index (χ4n) is 2.03. The van der Waals surface area contributed by atoms with Crippen LogP contribution in [-0.2, 0) is 5.67 Å². The molecule has 2 rings (SSSR count). The van der Waals surface area contributed by atoms with Gasteiger partial charge in [0.05, 0.1) is 0 Å². The molecule has 0 N–H and O–H groups in total. The van der Waals surface area contributed by atoms with Crippen LogP contribution in [0.2, 0.25) is 0 Å². The van der Waals surface area contributed by atoms with Gasteiger partial charge in [0, 0.05) is 12.0 Å². The second-order valence-corrected chi connectivity index (χ2v) is 5.03. The van der Waals surface area contributed by atoms with Crippen molar-refractivity contribution in [2.75, 3.05) is 0 Å². The number of ketones is 1. The van der Waals surface area contributed by atoms with E-state index in [1.807, 2.05) is 25.1 Å². The van der Waals surface area contributed by atoms with Crippen LogP contribution in [0.4, 0.5) is 4.39 Å². The van der Waals surface area contributed by atoms with E-state index in [1.54, 1.807) is 36.4 Å². The zero-order valence-corrected chi connectivity index (χ0v) is 11.2. The van der Waals surface area contributed by atoms with E-state index in [1.165, 1.54) is 6.92 Å². The standard InChI is InChI=1S/C17H17FO/c1-13-8-10-15(11-9-13)17(2,18)12-16(19)14-6-4-3-5-7-14/h3-11H,12H2,1-2H3. The molecule has 0 aliphatic heterocycles. The summed E-state index contributed by atoms with van der Waals surface area (Å²) in [6, 6.07) is 16.1. The molecule has 1 atom stereocenters. The minimum atomic E-state index is -1.64. The topological polar surface area (TPSA) is 17.1 Å². The molecule has 0 aliphatic rings. The lowest BCUT2D eigenvalue weighted by molar-refractivity contribution is 0.0865. The number of Topliss-reactive ketones (excluding diaryl/α,β-unsaturated/α-hetero) is 1. The number of benzene rings is 2. The third kappa shape index (κ3) is 3.28. The molecule has 1 unspecified atom stereocenters. The molecule has 0 radical (unpaired) electrons. The number of halogens is 1. The molecule has 0 saturated carbocycles. The van der Waals surface area contributed by atoms with Crippen molar-refractivity contribution in [2.24, 2.45) is 0 Å². The Morgan fingerprint density at radius 1 is 1.05 bits per heavy atom. The van der Waals surface area contributed by atoms with Gasteiger partial charge in [-0.3, -0.25) is 4.79 Å². The van der Waals surface area contributed by atoms with Crippen LogP contribution in [-0.4, -0.2) is 5.78 Å². The van der Waals surface area contributed by atoms with Crippen LogP contribution in [0.1, 0.15) is 34.8 Å². The molecule has 0 aromatic heterocycles. The first-order chi connectivity index (χ1) is 8.99. The maximum atomic E-state index is 14.7. The van der Waals surface area contributed by atoms with E-state index in [2.05, 4.69) is 0 Å². The molecule has 1 nitrogen and oxygen atoms in total. The maximum Gasteiger partial charge on any atom is 0.166 e. The number of hydrogen-bond donors (Lipinski definition) is 0. The van der Waals surface area contributed by atoms with E-state index in [0.29, 0.717) is 11.1 Å². The molecule has 2 aromatic rings. The van der Waals surface area contributed by atoms with Gasteiger partial charge in [-0.15, -0.1) is 0 Å². The minimum Gasteiger partial charge on any atom is -0.294 e. The Kier molecular flexibility index (Phi) is 3.79. The Hall–Kier alpha value is -1.96. The average Bonchev–Trinajstić information content (AvgIpc) is 2.40. The Labute approximate surface area is 113 Å². The Bertz CT molecular complexity index is 556. The van der Waals surface area contributed by atoms with Gasteiger partial charge in [-0.05, 0) is 19.4 Å². The molecule has 0 saturated heterocycles. The first-order valence-corrected chi connectivity index (χ1v) is 6.33. The smallest absolute Gasteiger partial charge is 0.166 e. The van der Waals surface area contributed by atoms with Crippen LogP contribution in [0.15, 0.2) is 54.6 Å². The molecule has 0 amide bonds. The van der Waals surface area contributed by atoms with Gasteiger partial charge in [0.1, 0.15) is 5.67 Å². The van der Waals surface area contributed by atoms with E-state index in [9.17, 15) is 9.18 Å². The monoisotopic (exact) mass is 256 g/mol. The Morgan fingerprint density at radius 3 is 2.21 bits per heavy atom. The highest BCUT2D eigenvalue weighted by Crippen LogP contribution is 2.30. The first kappa shape index (κ1) is 13.5. The Balaban J connectivity index is 2.17. The van der Waals surface area contributed by atoms with Crippen LogP contribution in [0, 0.1) is 6.92 Å². The van der Waals surface area contributed by atoms with Gasteiger partial charge in [0.15, 0.2) is 5.78 Å². The van der Waals surface area contributed by atoms with E-state index >= 15 is 0 Å². The lowest BCUT2D eigenvalue weighted by Gasteiger charge is -2.20. The predicted molar refractivity (Wildman–Crippen MR) is 75.0 cm³/mol. The molecule has 0 bridgehead atoms. The van der Waals surface area contributed by atoms with E-state index in [0.717, 1.165) is 5.56 Å².